The van der Waals surface area contributed by atoms with Gasteiger partial charge in [0.15, 0.2) is 30.7 Å². The molecule has 0 aromatic rings. The summed E-state index contributed by atoms with van der Waals surface area (Å²) in [6.07, 6.45) is -16.3. The third-order valence-electron chi connectivity index (χ3n) is 6.17. The molecule has 0 aromatic heterocycles. The molecule has 0 amide bonds. The molecule has 0 aliphatic carbocycles. The van der Waals surface area contributed by atoms with E-state index in [1.807, 2.05) is 0 Å². The summed E-state index contributed by atoms with van der Waals surface area (Å²) < 4.78 is 60.2. The largest absolute Gasteiger partial charge is 0.463 e. The normalized spacial score (nSPS) is 30.0. The summed E-state index contributed by atoms with van der Waals surface area (Å²) in [5.74, 6) is -7.02. The third-order valence-corrected chi connectivity index (χ3v) is 6.17. The van der Waals surface area contributed by atoms with Gasteiger partial charge in [0, 0.05) is 55.4 Å². The molecule has 19 heteroatoms. The van der Waals surface area contributed by atoms with Gasteiger partial charge in [-0.25, -0.2) is 0 Å². The van der Waals surface area contributed by atoms with Gasteiger partial charge < -0.3 is 52.1 Å². The first-order valence-electron chi connectivity index (χ1n) is 14.2. The molecule has 2 rings (SSSR count). The molecule has 2 fully saturated rings. The minimum Gasteiger partial charge on any atom is -0.463 e. The number of hydrogen-bond donors (Lipinski definition) is 0. The Morgan fingerprint density at radius 1 is 0.383 bits per heavy atom. The van der Waals surface area contributed by atoms with Crippen LogP contribution in [0.1, 0.15) is 55.4 Å². The predicted molar refractivity (Wildman–Crippen MR) is 145 cm³/mol. The number of hydrogen-bond acceptors (Lipinski definition) is 19. The minimum atomic E-state index is -1.83. The summed E-state index contributed by atoms with van der Waals surface area (Å²) in [6, 6.07) is 0. The fraction of sp³-hybridized carbons (Fsp3) is 0.714. The van der Waals surface area contributed by atoms with Crippen LogP contribution in [0.4, 0.5) is 0 Å². The highest BCUT2D eigenvalue weighted by atomic mass is 16.8. The summed E-state index contributed by atoms with van der Waals surface area (Å²) in [6.45, 7) is 7.05. The van der Waals surface area contributed by atoms with Crippen LogP contribution >= 0.6 is 0 Å². The van der Waals surface area contributed by atoms with Crippen molar-refractivity contribution in [2.75, 3.05) is 13.2 Å². The van der Waals surface area contributed by atoms with Crippen LogP contribution in [0.5, 0.6) is 0 Å². The van der Waals surface area contributed by atoms with E-state index in [9.17, 15) is 38.4 Å². The molecule has 0 N–H and O–H groups in total. The SMILES string of the molecule is CC(=O)OC[C@@H]1O[C@@H](O[C@@H]2[C@@H](OC(C)=O)[C@H](OC(C)=O)[C@@H](OC(C)=O)O[C@H]2COC(C)=O)[C@@H](OC(C)=O)[C@H](OC(C)=O)[C@H]1OC(C)=O. The lowest BCUT2D eigenvalue weighted by atomic mass is 9.96. The van der Waals surface area contributed by atoms with Crippen molar-refractivity contribution in [1.82, 2.24) is 0 Å². The summed E-state index contributed by atoms with van der Waals surface area (Å²) in [7, 11) is 0. The van der Waals surface area contributed by atoms with E-state index in [-0.39, 0.29) is 0 Å². The molecule has 2 aliphatic rings. The van der Waals surface area contributed by atoms with Crippen molar-refractivity contribution in [3.8, 4) is 0 Å². The molecule has 47 heavy (non-hydrogen) atoms. The molecule has 0 bridgehead atoms. The molecule has 2 heterocycles. The van der Waals surface area contributed by atoms with Crippen molar-refractivity contribution >= 4 is 47.8 Å². The van der Waals surface area contributed by atoms with Crippen LogP contribution in [0, 0.1) is 0 Å². The second-order valence-corrected chi connectivity index (χ2v) is 10.3. The zero-order valence-corrected chi connectivity index (χ0v) is 26.9. The van der Waals surface area contributed by atoms with Gasteiger partial charge in [-0.3, -0.25) is 38.4 Å². The first-order valence-corrected chi connectivity index (χ1v) is 14.2. The molecule has 10 atom stereocenters. The molecule has 0 unspecified atom stereocenters. The molecule has 0 aromatic carbocycles. The van der Waals surface area contributed by atoms with E-state index in [1.54, 1.807) is 0 Å². The monoisotopic (exact) mass is 678 g/mol. The van der Waals surface area contributed by atoms with Gasteiger partial charge in [-0.05, 0) is 0 Å². The van der Waals surface area contributed by atoms with Gasteiger partial charge in [0.05, 0.1) is 0 Å². The average molecular weight is 679 g/mol. The maximum absolute atomic E-state index is 12.3. The predicted octanol–water partition coefficient (Wildman–Crippen LogP) is -0.831. The highest BCUT2D eigenvalue weighted by molar-refractivity contribution is 5.70. The van der Waals surface area contributed by atoms with Gasteiger partial charge in [0.2, 0.25) is 12.4 Å². The lowest BCUT2D eigenvalue weighted by molar-refractivity contribution is -0.357. The van der Waals surface area contributed by atoms with E-state index in [1.165, 1.54) is 0 Å². The Balaban J connectivity index is 2.73. The van der Waals surface area contributed by atoms with Gasteiger partial charge in [-0.2, -0.15) is 0 Å². The molecule has 2 aliphatic heterocycles. The summed E-state index contributed by atoms with van der Waals surface area (Å²) >= 11 is 0. The first-order chi connectivity index (χ1) is 21.9. The molecule has 2 saturated heterocycles. The van der Waals surface area contributed by atoms with E-state index in [0.29, 0.717) is 0 Å². The lowest BCUT2D eigenvalue weighted by Crippen LogP contribution is -2.67. The molecule has 19 nitrogen and oxygen atoms in total. The van der Waals surface area contributed by atoms with Crippen molar-refractivity contribution in [2.45, 2.75) is 117 Å². The van der Waals surface area contributed by atoms with Crippen molar-refractivity contribution in [3.05, 3.63) is 0 Å². The van der Waals surface area contributed by atoms with Gasteiger partial charge in [0.1, 0.15) is 31.5 Å². The highest BCUT2D eigenvalue weighted by Gasteiger charge is 2.58. The molecule has 0 spiro atoms. The Kier molecular flexibility index (Phi) is 14.5. The number of carbonyl (C=O) groups is 8. The first kappa shape index (κ1) is 38.8. The van der Waals surface area contributed by atoms with E-state index in [4.69, 9.17) is 52.1 Å². The summed E-state index contributed by atoms with van der Waals surface area (Å²) in [4.78, 5) is 96.3. The van der Waals surface area contributed by atoms with Crippen LogP contribution in [-0.4, -0.2) is 122 Å². The van der Waals surface area contributed by atoms with E-state index in [2.05, 4.69) is 0 Å². The maximum Gasteiger partial charge on any atom is 0.305 e. The number of rotatable bonds is 12. The van der Waals surface area contributed by atoms with Gasteiger partial charge >= 0.3 is 47.8 Å². The Bertz CT molecular complexity index is 1200. The van der Waals surface area contributed by atoms with Crippen LogP contribution in [0.25, 0.3) is 0 Å². The van der Waals surface area contributed by atoms with Gasteiger partial charge in [0.25, 0.3) is 0 Å². The van der Waals surface area contributed by atoms with E-state index >= 15 is 0 Å². The quantitative estimate of drug-likeness (QED) is 0.181. The topological polar surface area (TPSA) is 238 Å². The number of esters is 8. The van der Waals surface area contributed by atoms with Crippen LogP contribution < -0.4 is 0 Å². The molecular formula is C28H38O19. The van der Waals surface area contributed by atoms with Gasteiger partial charge in [-0.15, -0.1) is 0 Å². The lowest BCUT2D eigenvalue weighted by Gasteiger charge is -2.48. The molecule has 0 radical (unpaired) electrons. The zero-order chi connectivity index (χ0) is 35.6. The number of ether oxygens (including phenoxy) is 11. The van der Waals surface area contributed by atoms with Gasteiger partial charge in [-0.1, -0.05) is 0 Å². The van der Waals surface area contributed by atoms with Crippen LogP contribution in [-0.2, 0) is 90.5 Å². The molecule has 264 valence electrons. The Labute approximate surface area is 268 Å². The second-order valence-electron chi connectivity index (χ2n) is 10.3. The van der Waals surface area contributed by atoms with Crippen LogP contribution in [0.15, 0.2) is 0 Å². The summed E-state index contributed by atoms with van der Waals surface area (Å²) in [5, 5.41) is 0. The number of carbonyl (C=O) groups excluding carboxylic acids is 8. The fourth-order valence-electron chi connectivity index (χ4n) is 4.73. The maximum atomic E-state index is 12.3. The van der Waals surface area contributed by atoms with Crippen LogP contribution in [0.3, 0.4) is 0 Å². The van der Waals surface area contributed by atoms with Crippen molar-refractivity contribution < 1.29 is 90.5 Å². The molecule has 0 saturated carbocycles. The summed E-state index contributed by atoms with van der Waals surface area (Å²) in [5.41, 5.74) is 0. The van der Waals surface area contributed by atoms with E-state index < -0.39 is 122 Å². The average Bonchev–Trinajstić information content (AvgIpc) is 2.91. The third kappa shape index (κ3) is 12.1. The fourth-order valence-corrected chi connectivity index (χ4v) is 4.73. The molecular weight excluding hydrogens is 640 g/mol. The van der Waals surface area contributed by atoms with Crippen molar-refractivity contribution in [3.63, 3.8) is 0 Å². The Morgan fingerprint density at radius 2 is 0.702 bits per heavy atom. The zero-order valence-electron chi connectivity index (χ0n) is 26.9. The second kappa shape index (κ2) is 17.5. The van der Waals surface area contributed by atoms with Crippen molar-refractivity contribution in [2.24, 2.45) is 0 Å². The Morgan fingerprint density at radius 3 is 1.11 bits per heavy atom. The van der Waals surface area contributed by atoms with E-state index in [0.717, 1.165) is 55.4 Å². The van der Waals surface area contributed by atoms with Crippen LogP contribution in [0.2, 0.25) is 0 Å². The Hall–Kier alpha value is -4.36. The standard InChI is InChI=1S/C28H38O19/c1-11(29)37-9-19-21(39-13(3)31)23(40-14(4)32)26(43-17(7)35)28(46-19)47-22-20(10-38-12(2)30)45-27(44-18(8)36)25(42-16(6)34)24(22)41-15(5)33/h19-28H,9-10H2,1-8H3/t19-,20-,21-,22-,23+,24+,25-,26-,27-,28-/m0/s1. The van der Waals surface area contributed by atoms with Crippen molar-refractivity contribution in [1.29, 1.82) is 0 Å². The smallest absolute Gasteiger partial charge is 0.305 e. The highest BCUT2D eigenvalue weighted by Crippen LogP contribution is 2.35. The minimum absolute atomic E-state index is 0.590.